The molecule has 0 fully saturated rings. The third kappa shape index (κ3) is 2.89. The van der Waals surface area contributed by atoms with Gasteiger partial charge in [-0.3, -0.25) is 5.43 Å². The lowest BCUT2D eigenvalue weighted by Crippen LogP contribution is -2.05. The standard InChI is InChI=1S/C10H11FN4OS/c1-6-2-3-7(11)4-8(6)16-5-9-14-15-10(13-12)17-9/h2-4H,5,12H2,1H3,(H,13,15). The highest BCUT2D eigenvalue weighted by Crippen LogP contribution is 2.21. The maximum atomic E-state index is 13.0. The molecule has 0 radical (unpaired) electrons. The fourth-order valence-corrected chi connectivity index (χ4v) is 1.80. The van der Waals surface area contributed by atoms with Crippen LogP contribution in [0.1, 0.15) is 10.6 Å². The number of nitrogens with two attached hydrogens (primary N) is 1. The second-order valence-corrected chi connectivity index (χ2v) is 4.41. The van der Waals surface area contributed by atoms with E-state index in [0.29, 0.717) is 15.9 Å². The Bertz CT molecular complexity index is 517. The normalized spacial score (nSPS) is 10.3. The monoisotopic (exact) mass is 254 g/mol. The van der Waals surface area contributed by atoms with Crippen molar-refractivity contribution in [1.82, 2.24) is 10.2 Å². The molecule has 1 aromatic carbocycles. The number of nitrogens with zero attached hydrogens (tertiary/aromatic N) is 2. The number of nitrogen functional groups attached to an aromatic ring is 1. The largest absolute Gasteiger partial charge is 0.486 e. The molecule has 1 aromatic heterocycles. The number of hydrogen-bond donors (Lipinski definition) is 2. The number of aromatic nitrogens is 2. The number of benzene rings is 1. The minimum atomic E-state index is -0.327. The third-order valence-corrected chi connectivity index (χ3v) is 2.92. The molecule has 17 heavy (non-hydrogen) atoms. The van der Waals surface area contributed by atoms with E-state index in [1.54, 1.807) is 6.07 Å². The quantitative estimate of drug-likeness (QED) is 0.643. The second kappa shape index (κ2) is 5.07. The molecular formula is C10H11FN4OS. The van der Waals surface area contributed by atoms with E-state index in [1.807, 2.05) is 6.92 Å². The first-order valence-electron chi connectivity index (χ1n) is 4.87. The van der Waals surface area contributed by atoms with Gasteiger partial charge in [0, 0.05) is 6.07 Å². The zero-order chi connectivity index (χ0) is 12.3. The summed E-state index contributed by atoms with van der Waals surface area (Å²) in [6.45, 7) is 2.09. The van der Waals surface area contributed by atoms with Crippen molar-refractivity contribution in [2.24, 2.45) is 5.84 Å². The SMILES string of the molecule is Cc1ccc(F)cc1OCc1nnc(NN)s1. The Kier molecular flexibility index (Phi) is 3.50. The number of aryl methyl sites for hydroxylation is 1. The fraction of sp³-hybridized carbons (Fsp3) is 0.200. The zero-order valence-corrected chi connectivity index (χ0v) is 9.92. The maximum Gasteiger partial charge on any atom is 0.219 e. The lowest BCUT2D eigenvalue weighted by molar-refractivity contribution is 0.301. The van der Waals surface area contributed by atoms with Crippen LogP contribution in [0.15, 0.2) is 18.2 Å². The predicted octanol–water partition coefficient (Wildman–Crippen LogP) is 1.85. The highest BCUT2D eigenvalue weighted by molar-refractivity contribution is 7.15. The Morgan fingerprint density at radius 3 is 3.00 bits per heavy atom. The number of hydrazine groups is 1. The van der Waals surface area contributed by atoms with Crippen molar-refractivity contribution in [2.75, 3.05) is 5.43 Å². The molecule has 90 valence electrons. The predicted molar refractivity (Wildman–Crippen MR) is 63.2 cm³/mol. The minimum Gasteiger partial charge on any atom is -0.486 e. The molecule has 2 rings (SSSR count). The summed E-state index contributed by atoms with van der Waals surface area (Å²) in [4.78, 5) is 0. The minimum absolute atomic E-state index is 0.240. The Labute approximate surface area is 101 Å². The first kappa shape index (κ1) is 11.7. The van der Waals surface area contributed by atoms with Crippen molar-refractivity contribution < 1.29 is 9.13 Å². The first-order chi connectivity index (χ1) is 8.19. The summed E-state index contributed by atoms with van der Waals surface area (Å²) >= 11 is 1.29. The second-order valence-electron chi connectivity index (χ2n) is 3.34. The van der Waals surface area contributed by atoms with Gasteiger partial charge >= 0.3 is 0 Å². The van der Waals surface area contributed by atoms with Gasteiger partial charge in [0.05, 0.1) is 0 Å². The average Bonchev–Trinajstić information content (AvgIpc) is 2.78. The molecule has 0 spiro atoms. The Morgan fingerprint density at radius 1 is 1.47 bits per heavy atom. The zero-order valence-electron chi connectivity index (χ0n) is 9.11. The van der Waals surface area contributed by atoms with E-state index < -0.39 is 0 Å². The van der Waals surface area contributed by atoms with E-state index in [-0.39, 0.29) is 12.4 Å². The van der Waals surface area contributed by atoms with Crippen LogP contribution in [0.2, 0.25) is 0 Å². The summed E-state index contributed by atoms with van der Waals surface area (Å²) in [5.41, 5.74) is 3.26. The van der Waals surface area contributed by atoms with Crippen LogP contribution in [0.5, 0.6) is 5.75 Å². The van der Waals surface area contributed by atoms with Crippen molar-refractivity contribution in [3.05, 3.63) is 34.6 Å². The topological polar surface area (TPSA) is 73.1 Å². The van der Waals surface area contributed by atoms with Gasteiger partial charge in [0.2, 0.25) is 5.13 Å². The van der Waals surface area contributed by atoms with Crippen LogP contribution in [0.3, 0.4) is 0 Å². The van der Waals surface area contributed by atoms with Crippen LogP contribution in [0, 0.1) is 12.7 Å². The van der Waals surface area contributed by atoms with Crippen LogP contribution in [0.4, 0.5) is 9.52 Å². The lowest BCUT2D eigenvalue weighted by Gasteiger charge is -2.06. The van der Waals surface area contributed by atoms with Gasteiger partial charge in [-0.05, 0) is 18.6 Å². The molecule has 7 heteroatoms. The average molecular weight is 254 g/mol. The van der Waals surface area contributed by atoms with E-state index in [4.69, 9.17) is 10.6 Å². The number of ether oxygens (including phenoxy) is 1. The van der Waals surface area contributed by atoms with Gasteiger partial charge < -0.3 is 4.74 Å². The highest BCUT2D eigenvalue weighted by Gasteiger charge is 2.06. The van der Waals surface area contributed by atoms with Gasteiger partial charge in [-0.2, -0.15) is 0 Å². The Balaban J connectivity index is 2.04. The summed E-state index contributed by atoms with van der Waals surface area (Å²) in [6, 6.07) is 4.40. The molecule has 0 atom stereocenters. The summed E-state index contributed by atoms with van der Waals surface area (Å²) in [6.07, 6.45) is 0. The number of halogens is 1. The van der Waals surface area contributed by atoms with Crippen molar-refractivity contribution >= 4 is 16.5 Å². The molecule has 0 amide bonds. The molecule has 1 heterocycles. The molecule has 5 nitrogen and oxygen atoms in total. The molecule has 0 bridgehead atoms. The lowest BCUT2D eigenvalue weighted by atomic mass is 10.2. The van der Waals surface area contributed by atoms with E-state index in [2.05, 4.69) is 15.6 Å². The van der Waals surface area contributed by atoms with Crippen molar-refractivity contribution in [2.45, 2.75) is 13.5 Å². The maximum absolute atomic E-state index is 13.0. The van der Waals surface area contributed by atoms with Gasteiger partial charge in [-0.25, -0.2) is 10.2 Å². The molecule has 0 saturated heterocycles. The summed E-state index contributed by atoms with van der Waals surface area (Å²) in [5, 5.41) is 8.81. The molecule has 0 aliphatic rings. The number of nitrogens with one attached hydrogen (secondary N) is 1. The van der Waals surface area contributed by atoms with Crippen molar-refractivity contribution in [1.29, 1.82) is 0 Å². The van der Waals surface area contributed by atoms with E-state index >= 15 is 0 Å². The highest BCUT2D eigenvalue weighted by atomic mass is 32.1. The Morgan fingerprint density at radius 2 is 2.29 bits per heavy atom. The van der Waals surface area contributed by atoms with Crippen LogP contribution in [-0.2, 0) is 6.61 Å². The molecule has 0 aliphatic carbocycles. The summed E-state index contributed by atoms with van der Waals surface area (Å²) in [5.74, 6) is 5.36. The van der Waals surface area contributed by atoms with Crippen LogP contribution < -0.4 is 16.0 Å². The smallest absolute Gasteiger partial charge is 0.219 e. The number of rotatable bonds is 4. The molecule has 0 aliphatic heterocycles. The van der Waals surface area contributed by atoms with Gasteiger partial charge in [-0.15, -0.1) is 10.2 Å². The molecule has 2 aromatic rings. The van der Waals surface area contributed by atoms with E-state index in [0.717, 1.165) is 5.56 Å². The van der Waals surface area contributed by atoms with E-state index in [9.17, 15) is 4.39 Å². The van der Waals surface area contributed by atoms with Crippen LogP contribution in [0.25, 0.3) is 0 Å². The van der Waals surface area contributed by atoms with Crippen LogP contribution >= 0.6 is 11.3 Å². The van der Waals surface area contributed by atoms with E-state index in [1.165, 1.54) is 23.5 Å². The van der Waals surface area contributed by atoms with Gasteiger partial charge in [-0.1, -0.05) is 17.4 Å². The first-order valence-corrected chi connectivity index (χ1v) is 5.68. The third-order valence-electron chi connectivity index (χ3n) is 2.09. The Hall–Kier alpha value is -1.73. The molecule has 0 saturated carbocycles. The fourth-order valence-electron chi connectivity index (χ4n) is 1.24. The van der Waals surface area contributed by atoms with Gasteiger partial charge in [0.15, 0.2) is 5.01 Å². The molecular weight excluding hydrogens is 243 g/mol. The molecule has 0 unspecified atom stereocenters. The van der Waals surface area contributed by atoms with Crippen molar-refractivity contribution in [3.8, 4) is 5.75 Å². The summed E-state index contributed by atoms with van der Waals surface area (Å²) in [7, 11) is 0. The molecule has 3 N–H and O–H groups in total. The number of hydrogen-bond acceptors (Lipinski definition) is 6. The van der Waals surface area contributed by atoms with Crippen molar-refractivity contribution in [3.63, 3.8) is 0 Å². The number of anilines is 1. The van der Waals surface area contributed by atoms with Gasteiger partial charge in [0.1, 0.15) is 18.2 Å². The van der Waals surface area contributed by atoms with Gasteiger partial charge in [0.25, 0.3) is 0 Å². The summed E-state index contributed by atoms with van der Waals surface area (Å²) < 4.78 is 18.5. The van der Waals surface area contributed by atoms with Crippen LogP contribution in [-0.4, -0.2) is 10.2 Å².